The summed E-state index contributed by atoms with van der Waals surface area (Å²) in [6, 6.07) is 0.436. The minimum atomic E-state index is -0.110. The van der Waals surface area contributed by atoms with Crippen LogP contribution in [0.2, 0.25) is 0 Å². The van der Waals surface area contributed by atoms with Crippen LogP contribution in [0.3, 0.4) is 0 Å². The molecule has 0 amide bonds. The third kappa shape index (κ3) is 8.31. The maximum atomic E-state index is 9.61. The number of halogens is 1. The first-order chi connectivity index (χ1) is 11.2. The van der Waals surface area contributed by atoms with Gasteiger partial charge in [-0.15, -0.1) is 24.0 Å². The number of nitrogens with one attached hydrogen (secondary N) is 2. The predicted molar refractivity (Wildman–Crippen MR) is 109 cm³/mol. The lowest BCUT2D eigenvalue weighted by Gasteiger charge is -2.29. The van der Waals surface area contributed by atoms with Gasteiger partial charge < -0.3 is 20.5 Å². The molecule has 1 aliphatic heterocycles. The van der Waals surface area contributed by atoms with E-state index in [1.165, 1.54) is 0 Å². The Morgan fingerprint density at radius 3 is 2.54 bits per heavy atom. The highest BCUT2D eigenvalue weighted by atomic mass is 127. The minimum Gasteiger partial charge on any atom is -0.393 e. The van der Waals surface area contributed by atoms with Gasteiger partial charge in [0.1, 0.15) is 0 Å². The average molecular weight is 454 g/mol. The molecule has 0 aromatic rings. The molecule has 2 aliphatic rings. The van der Waals surface area contributed by atoms with Crippen LogP contribution < -0.4 is 10.6 Å². The Morgan fingerprint density at radius 1 is 1.25 bits per heavy atom. The predicted octanol–water partition coefficient (Wildman–Crippen LogP) is 1.43. The zero-order chi connectivity index (χ0) is 16.5. The molecule has 1 atom stereocenters. The van der Waals surface area contributed by atoms with Crippen molar-refractivity contribution < 1.29 is 9.84 Å². The van der Waals surface area contributed by atoms with Gasteiger partial charge in [-0.25, -0.2) is 0 Å². The zero-order valence-electron chi connectivity index (χ0n) is 15.2. The third-order valence-electron chi connectivity index (χ3n) is 4.62. The van der Waals surface area contributed by atoms with Gasteiger partial charge in [0, 0.05) is 38.8 Å². The quantitative estimate of drug-likeness (QED) is 0.322. The van der Waals surface area contributed by atoms with Gasteiger partial charge in [0.25, 0.3) is 0 Å². The highest BCUT2D eigenvalue weighted by Crippen LogP contribution is 2.18. The molecule has 0 aromatic carbocycles. The second-order valence-corrected chi connectivity index (χ2v) is 6.89. The lowest BCUT2D eigenvalue weighted by atomic mass is 9.93. The fourth-order valence-electron chi connectivity index (χ4n) is 3.26. The second kappa shape index (κ2) is 12.3. The average Bonchev–Trinajstić information content (AvgIpc) is 2.56. The van der Waals surface area contributed by atoms with E-state index in [4.69, 9.17) is 9.73 Å². The Bertz CT molecular complexity index is 356. The van der Waals surface area contributed by atoms with Gasteiger partial charge in [-0.3, -0.25) is 9.89 Å². The summed E-state index contributed by atoms with van der Waals surface area (Å²) in [5.74, 6) is 1.46. The van der Waals surface area contributed by atoms with Crippen molar-refractivity contribution in [3.63, 3.8) is 0 Å². The number of morpholine rings is 1. The van der Waals surface area contributed by atoms with Crippen LogP contribution in [0.25, 0.3) is 0 Å². The fraction of sp³-hybridized carbons (Fsp3) is 0.941. The van der Waals surface area contributed by atoms with E-state index < -0.39 is 0 Å². The number of nitrogens with zero attached hydrogens (tertiary/aromatic N) is 2. The molecule has 0 spiro atoms. The van der Waals surface area contributed by atoms with E-state index in [1.54, 1.807) is 0 Å². The van der Waals surface area contributed by atoms with Crippen LogP contribution in [0.5, 0.6) is 0 Å². The van der Waals surface area contributed by atoms with E-state index in [9.17, 15) is 5.11 Å². The Morgan fingerprint density at radius 2 is 1.92 bits per heavy atom. The number of aliphatic hydroxyl groups excluding tert-OH is 1. The molecule has 6 nitrogen and oxygen atoms in total. The standard InChI is InChI=1S/C17H34N4O2.HI/c1-3-18-17(20-15-4-6-16(22)7-5-15)19-12-14(2)13-21-8-10-23-11-9-21;/h14-16,22H,3-13H2,1-2H3,(H2,18,19,20);1H. The molecule has 1 saturated carbocycles. The van der Waals surface area contributed by atoms with Crippen molar-refractivity contribution in [3.8, 4) is 0 Å². The molecule has 1 heterocycles. The molecule has 1 saturated heterocycles. The van der Waals surface area contributed by atoms with Crippen molar-refractivity contribution in [2.45, 2.75) is 51.7 Å². The van der Waals surface area contributed by atoms with Crippen molar-refractivity contribution in [2.75, 3.05) is 45.9 Å². The largest absolute Gasteiger partial charge is 0.393 e. The first-order valence-corrected chi connectivity index (χ1v) is 9.20. The molecule has 2 fully saturated rings. The monoisotopic (exact) mass is 454 g/mol. The summed E-state index contributed by atoms with van der Waals surface area (Å²) in [4.78, 5) is 7.23. The fourth-order valence-corrected chi connectivity index (χ4v) is 3.26. The van der Waals surface area contributed by atoms with Crippen LogP contribution in [-0.4, -0.2) is 74.0 Å². The van der Waals surface area contributed by atoms with Gasteiger partial charge in [-0.2, -0.15) is 0 Å². The smallest absolute Gasteiger partial charge is 0.191 e. The van der Waals surface area contributed by atoms with Crippen LogP contribution in [0, 0.1) is 5.92 Å². The van der Waals surface area contributed by atoms with Gasteiger partial charge in [-0.05, 0) is 38.5 Å². The molecule has 0 radical (unpaired) electrons. The van der Waals surface area contributed by atoms with Gasteiger partial charge in [0.2, 0.25) is 0 Å². The van der Waals surface area contributed by atoms with Gasteiger partial charge in [-0.1, -0.05) is 6.92 Å². The molecule has 142 valence electrons. The molecular formula is C17H35IN4O2. The van der Waals surface area contributed by atoms with Crippen molar-refractivity contribution in [1.29, 1.82) is 0 Å². The molecule has 7 heteroatoms. The molecule has 1 aliphatic carbocycles. The van der Waals surface area contributed by atoms with Crippen LogP contribution in [0.1, 0.15) is 39.5 Å². The van der Waals surface area contributed by atoms with E-state index in [2.05, 4.69) is 29.4 Å². The lowest BCUT2D eigenvalue weighted by Crippen LogP contribution is -2.45. The number of hydrogen-bond donors (Lipinski definition) is 3. The Balaban J connectivity index is 0.00000288. The van der Waals surface area contributed by atoms with Crippen molar-refractivity contribution in [3.05, 3.63) is 0 Å². The third-order valence-corrected chi connectivity index (χ3v) is 4.62. The van der Waals surface area contributed by atoms with Gasteiger partial charge in [0.15, 0.2) is 5.96 Å². The van der Waals surface area contributed by atoms with Crippen LogP contribution in [-0.2, 0) is 4.74 Å². The van der Waals surface area contributed by atoms with E-state index in [1.807, 2.05) is 0 Å². The number of aliphatic hydroxyl groups is 1. The second-order valence-electron chi connectivity index (χ2n) is 6.89. The van der Waals surface area contributed by atoms with E-state index in [-0.39, 0.29) is 30.1 Å². The Kier molecular flexibility index (Phi) is 11.2. The van der Waals surface area contributed by atoms with E-state index in [0.717, 1.165) is 77.6 Å². The summed E-state index contributed by atoms with van der Waals surface area (Å²) in [7, 11) is 0. The van der Waals surface area contributed by atoms with Crippen LogP contribution in [0.4, 0.5) is 0 Å². The number of guanidine groups is 1. The molecule has 0 bridgehead atoms. The minimum absolute atomic E-state index is 0. The SMILES string of the molecule is CCNC(=NCC(C)CN1CCOCC1)NC1CCC(O)CC1.I. The van der Waals surface area contributed by atoms with Crippen molar-refractivity contribution in [2.24, 2.45) is 10.9 Å². The summed E-state index contributed by atoms with van der Waals surface area (Å²) in [5.41, 5.74) is 0. The van der Waals surface area contributed by atoms with Crippen LogP contribution in [0.15, 0.2) is 4.99 Å². The molecular weight excluding hydrogens is 419 g/mol. The summed E-state index contributed by atoms with van der Waals surface area (Å²) in [6.45, 7) is 10.9. The number of hydrogen-bond acceptors (Lipinski definition) is 4. The van der Waals surface area contributed by atoms with Crippen molar-refractivity contribution in [1.82, 2.24) is 15.5 Å². The van der Waals surface area contributed by atoms with Crippen LogP contribution >= 0.6 is 24.0 Å². The lowest BCUT2D eigenvalue weighted by molar-refractivity contribution is 0.0323. The maximum absolute atomic E-state index is 9.61. The Labute approximate surface area is 163 Å². The highest BCUT2D eigenvalue weighted by molar-refractivity contribution is 14.0. The van der Waals surface area contributed by atoms with Gasteiger partial charge in [0.05, 0.1) is 19.3 Å². The molecule has 0 aromatic heterocycles. The van der Waals surface area contributed by atoms with E-state index >= 15 is 0 Å². The molecule has 24 heavy (non-hydrogen) atoms. The maximum Gasteiger partial charge on any atom is 0.191 e. The van der Waals surface area contributed by atoms with Gasteiger partial charge >= 0.3 is 0 Å². The normalized spacial score (nSPS) is 27.2. The molecule has 1 unspecified atom stereocenters. The number of rotatable bonds is 6. The first kappa shape index (κ1) is 21.9. The topological polar surface area (TPSA) is 69.1 Å². The zero-order valence-corrected chi connectivity index (χ0v) is 17.5. The number of ether oxygens (including phenoxy) is 1. The highest BCUT2D eigenvalue weighted by Gasteiger charge is 2.20. The van der Waals surface area contributed by atoms with Crippen molar-refractivity contribution >= 4 is 29.9 Å². The molecule has 3 N–H and O–H groups in total. The Hall–Kier alpha value is -0.120. The summed E-state index contributed by atoms with van der Waals surface area (Å²) >= 11 is 0. The summed E-state index contributed by atoms with van der Waals surface area (Å²) < 4.78 is 5.40. The summed E-state index contributed by atoms with van der Waals surface area (Å²) in [5, 5.41) is 16.5. The van der Waals surface area contributed by atoms with E-state index in [0.29, 0.717) is 12.0 Å². The number of aliphatic imine (C=N–C) groups is 1. The molecule has 2 rings (SSSR count). The summed E-state index contributed by atoms with van der Waals surface area (Å²) in [6.07, 6.45) is 3.72. The first-order valence-electron chi connectivity index (χ1n) is 9.20.